The van der Waals surface area contributed by atoms with Crippen LogP contribution < -0.4 is 10.6 Å². The maximum absolute atomic E-state index is 11.7. The SMILES string of the molecule is COC(=O)c1c(N)nsc1N1CCC(C(=O)OC)C1. The standard InChI is InChI=1S/C11H15N3O4S/c1-17-10(15)6-3-4-14(5-6)9-7(11(16)18-2)8(12)13-19-9/h6H,3-5H2,1-2H3,(H2,12,13). The Hall–Kier alpha value is -1.83. The quantitative estimate of drug-likeness (QED) is 0.808. The summed E-state index contributed by atoms with van der Waals surface area (Å²) in [5.74, 6) is -0.769. The number of anilines is 2. The minimum atomic E-state index is -0.511. The van der Waals surface area contributed by atoms with Gasteiger partial charge in [-0.25, -0.2) is 4.79 Å². The van der Waals surface area contributed by atoms with Crippen molar-refractivity contribution in [2.75, 3.05) is 37.9 Å². The van der Waals surface area contributed by atoms with Gasteiger partial charge in [-0.15, -0.1) is 0 Å². The van der Waals surface area contributed by atoms with E-state index in [1.165, 1.54) is 14.2 Å². The van der Waals surface area contributed by atoms with Gasteiger partial charge < -0.3 is 20.1 Å². The highest BCUT2D eigenvalue weighted by atomic mass is 32.1. The maximum atomic E-state index is 11.7. The minimum Gasteiger partial charge on any atom is -0.469 e. The van der Waals surface area contributed by atoms with Gasteiger partial charge in [-0.05, 0) is 18.0 Å². The number of carbonyl (C=O) groups excluding carboxylic acids is 2. The summed E-state index contributed by atoms with van der Waals surface area (Å²) in [5, 5.41) is 0.649. The van der Waals surface area contributed by atoms with Crippen LogP contribution in [0.4, 0.5) is 10.8 Å². The molecule has 7 nitrogen and oxygen atoms in total. The largest absolute Gasteiger partial charge is 0.469 e. The van der Waals surface area contributed by atoms with Gasteiger partial charge in [0.05, 0.1) is 20.1 Å². The predicted molar refractivity (Wildman–Crippen MR) is 70.2 cm³/mol. The van der Waals surface area contributed by atoms with Crippen LogP contribution in [0.1, 0.15) is 16.8 Å². The topological polar surface area (TPSA) is 94.8 Å². The maximum Gasteiger partial charge on any atom is 0.344 e. The number of hydrogen-bond donors (Lipinski definition) is 1. The van der Waals surface area contributed by atoms with Crippen molar-refractivity contribution in [1.29, 1.82) is 0 Å². The number of ether oxygens (including phenoxy) is 2. The number of hydrogen-bond acceptors (Lipinski definition) is 8. The van der Waals surface area contributed by atoms with Gasteiger partial charge in [0, 0.05) is 13.1 Å². The molecule has 0 saturated carbocycles. The lowest BCUT2D eigenvalue weighted by Crippen LogP contribution is -2.24. The molecule has 1 saturated heterocycles. The number of nitrogens with two attached hydrogens (primary N) is 1. The highest BCUT2D eigenvalue weighted by Crippen LogP contribution is 2.34. The lowest BCUT2D eigenvalue weighted by molar-refractivity contribution is -0.144. The van der Waals surface area contributed by atoms with E-state index in [1.54, 1.807) is 0 Å². The Labute approximate surface area is 114 Å². The number of nitrogen functional groups attached to an aromatic ring is 1. The van der Waals surface area contributed by atoms with Gasteiger partial charge in [-0.2, -0.15) is 4.37 Å². The van der Waals surface area contributed by atoms with Crippen LogP contribution in [-0.2, 0) is 14.3 Å². The smallest absolute Gasteiger partial charge is 0.344 e. The first-order valence-corrected chi connectivity index (χ1v) is 6.52. The number of rotatable bonds is 3. The van der Waals surface area contributed by atoms with Crippen LogP contribution >= 0.6 is 11.5 Å². The van der Waals surface area contributed by atoms with Crippen LogP contribution in [0.25, 0.3) is 0 Å². The molecule has 0 amide bonds. The van der Waals surface area contributed by atoms with Crippen molar-refractivity contribution in [2.24, 2.45) is 5.92 Å². The molecule has 2 N–H and O–H groups in total. The highest BCUT2D eigenvalue weighted by Gasteiger charge is 2.33. The lowest BCUT2D eigenvalue weighted by Gasteiger charge is -2.16. The number of esters is 2. The molecule has 8 heteroatoms. The molecule has 1 aliphatic heterocycles. The fourth-order valence-corrected chi connectivity index (χ4v) is 2.94. The third kappa shape index (κ3) is 2.48. The molecular formula is C11H15N3O4S. The molecule has 0 radical (unpaired) electrons. The second-order valence-electron chi connectivity index (χ2n) is 4.19. The number of nitrogens with zero attached hydrogens (tertiary/aromatic N) is 2. The molecule has 0 aliphatic carbocycles. The fraction of sp³-hybridized carbons (Fsp3) is 0.545. The van der Waals surface area contributed by atoms with Crippen LogP contribution in [0.2, 0.25) is 0 Å². The van der Waals surface area contributed by atoms with E-state index in [-0.39, 0.29) is 23.3 Å². The van der Waals surface area contributed by atoms with E-state index in [9.17, 15) is 9.59 Å². The van der Waals surface area contributed by atoms with Crippen molar-refractivity contribution in [3.05, 3.63) is 5.56 Å². The number of carbonyl (C=O) groups is 2. The summed E-state index contributed by atoms with van der Waals surface area (Å²) in [6.07, 6.45) is 0.686. The normalized spacial score (nSPS) is 18.4. The Bertz CT molecular complexity index is 502. The second kappa shape index (κ2) is 5.43. The Morgan fingerprint density at radius 3 is 2.79 bits per heavy atom. The summed E-state index contributed by atoms with van der Waals surface area (Å²) in [4.78, 5) is 25.1. The second-order valence-corrected chi connectivity index (χ2v) is 4.95. The first kappa shape index (κ1) is 13.6. The molecule has 2 rings (SSSR count). The van der Waals surface area contributed by atoms with Crippen molar-refractivity contribution in [3.8, 4) is 0 Å². The van der Waals surface area contributed by atoms with E-state index in [0.717, 1.165) is 11.5 Å². The van der Waals surface area contributed by atoms with Gasteiger partial charge in [0.25, 0.3) is 0 Å². The molecule has 1 aromatic rings. The fourth-order valence-electron chi connectivity index (χ4n) is 2.11. The summed E-state index contributed by atoms with van der Waals surface area (Å²) in [6.45, 7) is 1.16. The van der Waals surface area contributed by atoms with Crippen LogP contribution in [0.5, 0.6) is 0 Å². The Morgan fingerprint density at radius 2 is 2.16 bits per heavy atom. The zero-order chi connectivity index (χ0) is 14.0. The van der Waals surface area contributed by atoms with Crippen molar-refractivity contribution in [2.45, 2.75) is 6.42 Å². The zero-order valence-electron chi connectivity index (χ0n) is 10.7. The molecule has 19 heavy (non-hydrogen) atoms. The van der Waals surface area contributed by atoms with Crippen LogP contribution in [-0.4, -0.2) is 43.6 Å². The first-order chi connectivity index (χ1) is 9.08. The third-order valence-electron chi connectivity index (χ3n) is 3.10. The molecule has 1 fully saturated rings. The van der Waals surface area contributed by atoms with E-state index in [2.05, 4.69) is 4.37 Å². The van der Waals surface area contributed by atoms with Crippen molar-refractivity contribution in [3.63, 3.8) is 0 Å². The monoisotopic (exact) mass is 285 g/mol. The zero-order valence-corrected chi connectivity index (χ0v) is 11.5. The first-order valence-electron chi connectivity index (χ1n) is 5.74. The average Bonchev–Trinajstić information content (AvgIpc) is 3.03. The van der Waals surface area contributed by atoms with E-state index in [1.807, 2.05) is 4.90 Å². The molecule has 1 unspecified atom stereocenters. The summed E-state index contributed by atoms with van der Waals surface area (Å²) >= 11 is 1.14. The molecule has 1 atom stereocenters. The third-order valence-corrected chi connectivity index (χ3v) is 4.02. The number of aromatic nitrogens is 1. The lowest BCUT2D eigenvalue weighted by atomic mass is 10.1. The van der Waals surface area contributed by atoms with Crippen molar-refractivity contribution in [1.82, 2.24) is 4.37 Å². The molecule has 0 aromatic carbocycles. The molecule has 2 heterocycles. The van der Waals surface area contributed by atoms with Crippen LogP contribution in [0.3, 0.4) is 0 Å². The molecular weight excluding hydrogens is 270 g/mol. The van der Waals surface area contributed by atoms with E-state index < -0.39 is 5.97 Å². The molecule has 1 aliphatic rings. The van der Waals surface area contributed by atoms with Crippen LogP contribution in [0, 0.1) is 5.92 Å². The Kier molecular flexibility index (Phi) is 3.89. The summed E-state index contributed by atoms with van der Waals surface area (Å²) in [5.41, 5.74) is 5.96. The highest BCUT2D eigenvalue weighted by molar-refractivity contribution is 7.11. The summed E-state index contributed by atoms with van der Waals surface area (Å²) in [6, 6.07) is 0. The van der Waals surface area contributed by atoms with Gasteiger partial charge >= 0.3 is 11.9 Å². The molecule has 1 aromatic heterocycles. The van der Waals surface area contributed by atoms with Crippen molar-refractivity contribution < 1.29 is 19.1 Å². The van der Waals surface area contributed by atoms with E-state index in [0.29, 0.717) is 24.5 Å². The predicted octanol–water partition coefficient (Wildman–Crippen LogP) is 0.511. The van der Waals surface area contributed by atoms with Gasteiger partial charge in [0.15, 0.2) is 5.82 Å². The molecule has 0 bridgehead atoms. The average molecular weight is 285 g/mol. The van der Waals surface area contributed by atoms with E-state index >= 15 is 0 Å². The van der Waals surface area contributed by atoms with E-state index in [4.69, 9.17) is 15.2 Å². The minimum absolute atomic E-state index is 0.161. The van der Waals surface area contributed by atoms with Gasteiger partial charge in [-0.1, -0.05) is 0 Å². The van der Waals surface area contributed by atoms with Gasteiger partial charge in [-0.3, -0.25) is 4.79 Å². The van der Waals surface area contributed by atoms with Crippen molar-refractivity contribution >= 4 is 34.3 Å². The summed E-state index contributed by atoms with van der Waals surface area (Å²) in [7, 11) is 2.67. The molecule has 104 valence electrons. The van der Waals surface area contributed by atoms with Gasteiger partial charge in [0.2, 0.25) is 0 Å². The Morgan fingerprint density at radius 1 is 1.42 bits per heavy atom. The summed E-state index contributed by atoms with van der Waals surface area (Å²) < 4.78 is 13.4. The van der Waals surface area contributed by atoms with Crippen LogP contribution in [0.15, 0.2) is 0 Å². The van der Waals surface area contributed by atoms with Gasteiger partial charge in [0.1, 0.15) is 10.6 Å². The Balaban J connectivity index is 2.20. The molecule has 0 spiro atoms. The number of methoxy groups -OCH3 is 2.